The zero-order valence-electron chi connectivity index (χ0n) is 14.9. The summed E-state index contributed by atoms with van der Waals surface area (Å²) in [5.41, 5.74) is 2.31. The summed E-state index contributed by atoms with van der Waals surface area (Å²) in [5, 5.41) is 11.2. The molecule has 5 heteroatoms. The molecular weight excluding hydrogens is 334 g/mol. The van der Waals surface area contributed by atoms with Crippen molar-refractivity contribution in [2.45, 2.75) is 44.1 Å². The Morgan fingerprint density at radius 3 is 2.24 bits per heavy atom. The van der Waals surface area contributed by atoms with Gasteiger partial charge in [-0.05, 0) is 67.9 Å². The highest BCUT2D eigenvalue weighted by Gasteiger charge is 2.45. The molecule has 2 aromatic rings. The van der Waals surface area contributed by atoms with Gasteiger partial charge in [-0.1, -0.05) is 36.4 Å². The highest BCUT2D eigenvalue weighted by Crippen LogP contribution is 2.45. The van der Waals surface area contributed by atoms with E-state index in [-0.39, 0.29) is 17.4 Å². The lowest BCUT2D eigenvalue weighted by atomic mass is 9.89. The van der Waals surface area contributed by atoms with Crippen molar-refractivity contribution < 1.29 is 13.5 Å². The third kappa shape index (κ3) is 3.64. The fraction of sp³-hybridized carbons (Fsp3) is 0.400. The molecular formula is C20H25NO3S. The van der Waals surface area contributed by atoms with Crippen molar-refractivity contribution in [3.8, 4) is 0 Å². The van der Waals surface area contributed by atoms with Crippen molar-refractivity contribution in [3.05, 3.63) is 64.7 Å². The molecule has 1 aliphatic carbocycles. The largest absolute Gasteiger partial charge is 0.383 e. The van der Waals surface area contributed by atoms with Crippen LogP contribution in [0.25, 0.3) is 0 Å². The fourth-order valence-electron chi connectivity index (χ4n) is 3.28. The summed E-state index contributed by atoms with van der Waals surface area (Å²) in [7, 11) is -3.69. The van der Waals surface area contributed by atoms with Crippen molar-refractivity contribution in [3.63, 3.8) is 0 Å². The smallest absolute Gasteiger partial charge is 0.240 e. The average Bonchev–Trinajstić information content (AvgIpc) is 3.42. The second-order valence-corrected chi connectivity index (χ2v) is 8.83. The van der Waals surface area contributed by atoms with Gasteiger partial charge in [0.2, 0.25) is 10.0 Å². The van der Waals surface area contributed by atoms with E-state index in [1.165, 1.54) is 0 Å². The lowest BCUT2D eigenvalue weighted by Crippen LogP contribution is -2.42. The van der Waals surface area contributed by atoms with E-state index < -0.39 is 15.6 Å². The standard InChI is InChI=1S/C20H25NO3S/c1-14-11-16(3)19(12-15(14)2)25(23,24)21-13-20(22,18-9-10-18)17-7-5-4-6-8-17/h4-8,11-12,18,21-22H,9-10,13H2,1-3H3. The molecule has 0 aliphatic heterocycles. The topological polar surface area (TPSA) is 66.4 Å². The Morgan fingerprint density at radius 2 is 1.64 bits per heavy atom. The SMILES string of the molecule is Cc1cc(C)c(S(=O)(=O)NCC(O)(c2ccccc2)C2CC2)cc1C. The van der Waals surface area contributed by atoms with E-state index in [0.29, 0.717) is 5.56 Å². The van der Waals surface area contributed by atoms with Gasteiger partial charge >= 0.3 is 0 Å². The van der Waals surface area contributed by atoms with Crippen LogP contribution in [0.5, 0.6) is 0 Å². The second-order valence-electron chi connectivity index (χ2n) is 7.09. The molecule has 1 unspecified atom stereocenters. The second kappa shape index (κ2) is 6.56. The Hall–Kier alpha value is -1.69. The number of aliphatic hydroxyl groups is 1. The number of benzene rings is 2. The predicted molar refractivity (Wildman–Crippen MR) is 98.9 cm³/mol. The van der Waals surface area contributed by atoms with Crippen LogP contribution in [0, 0.1) is 26.7 Å². The summed E-state index contributed by atoms with van der Waals surface area (Å²) in [6, 6.07) is 12.9. The minimum Gasteiger partial charge on any atom is -0.383 e. The van der Waals surface area contributed by atoms with Gasteiger partial charge in [-0.2, -0.15) is 0 Å². The van der Waals surface area contributed by atoms with Crippen molar-refractivity contribution >= 4 is 10.0 Å². The molecule has 0 saturated heterocycles. The molecule has 0 bridgehead atoms. The molecule has 2 N–H and O–H groups in total. The molecule has 1 fully saturated rings. The van der Waals surface area contributed by atoms with Gasteiger partial charge in [0.25, 0.3) is 0 Å². The van der Waals surface area contributed by atoms with E-state index in [9.17, 15) is 13.5 Å². The molecule has 0 aromatic heterocycles. The van der Waals surface area contributed by atoms with Crippen molar-refractivity contribution in [1.82, 2.24) is 4.72 Å². The van der Waals surface area contributed by atoms with Crippen molar-refractivity contribution in [2.75, 3.05) is 6.54 Å². The van der Waals surface area contributed by atoms with Crippen LogP contribution in [0.2, 0.25) is 0 Å². The third-order valence-corrected chi connectivity index (χ3v) is 6.68. The molecule has 0 heterocycles. The predicted octanol–water partition coefficient (Wildman–Crippen LogP) is 3.19. The summed E-state index contributed by atoms with van der Waals surface area (Å²) in [6.45, 7) is 5.65. The van der Waals surface area contributed by atoms with Crippen LogP contribution in [-0.2, 0) is 15.6 Å². The normalized spacial score (nSPS) is 17.3. The van der Waals surface area contributed by atoms with Gasteiger partial charge in [0.1, 0.15) is 5.60 Å². The summed E-state index contributed by atoms with van der Waals surface area (Å²) in [5.74, 6) is 0.0958. The number of rotatable bonds is 6. The highest BCUT2D eigenvalue weighted by molar-refractivity contribution is 7.89. The van der Waals surface area contributed by atoms with E-state index in [2.05, 4.69) is 4.72 Å². The average molecular weight is 359 g/mol. The van der Waals surface area contributed by atoms with Crippen molar-refractivity contribution in [1.29, 1.82) is 0 Å². The molecule has 0 radical (unpaired) electrons. The Morgan fingerprint density at radius 1 is 1.04 bits per heavy atom. The van der Waals surface area contributed by atoms with Crippen LogP contribution >= 0.6 is 0 Å². The molecule has 1 atom stereocenters. The number of sulfonamides is 1. The van der Waals surface area contributed by atoms with Gasteiger partial charge in [-0.25, -0.2) is 13.1 Å². The van der Waals surface area contributed by atoms with Crippen LogP contribution in [-0.4, -0.2) is 20.1 Å². The van der Waals surface area contributed by atoms with Crippen LogP contribution < -0.4 is 4.72 Å². The van der Waals surface area contributed by atoms with Gasteiger partial charge < -0.3 is 5.11 Å². The van der Waals surface area contributed by atoms with E-state index in [0.717, 1.165) is 29.5 Å². The van der Waals surface area contributed by atoms with Gasteiger partial charge in [-0.3, -0.25) is 0 Å². The van der Waals surface area contributed by atoms with Gasteiger partial charge in [0.05, 0.1) is 4.90 Å². The number of hydrogen-bond acceptors (Lipinski definition) is 3. The van der Waals surface area contributed by atoms with Crippen molar-refractivity contribution in [2.24, 2.45) is 5.92 Å². The Balaban J connectivity index is 1.87. The first kappa shape index (κ1) is 18.1. The zero-order valence-corrected chi connectivity index (χ0v) is 15.7. The summed E-state index contributed by atoms with van der Waals surface area (Å²) >= 11 is 0. The maximum Gasteiger partial charge on any atom is 0.240 e. The van der Waals surface area contributed by atoms with E-state index in [1.54, 1.807) is 13.0 Å². The summed E-state index contributed by atoms with van der Waals surface area (Å²) < 4.78 is 28.3. The Labute approximate surface area is 150 Å². The van der Waals surface area contributed by atoms with Crippen LogP contribution in [0.1, 0.15) is 35.1 Å². The lowest BCUT2D eigenvalue weighted by Gasteiger charge is -2.29. The molecule has 1 saturated carbocycles. The number of nitrogens with one attached hydrogen (secondary N) is 1. The monoisotopic (exact) mass is 359 g/mol. The van der Waals surface area contributed by atoms with Gasteiger partial charge in [0, 0.05) is 6.54 Å². The summed E-state index contributed by atoms with van der Waals surface area (Å²) in [6.07, 6.45) is 1.82. The first-order valence-electron chi connectivity index (χ1n) is 8.59. The molecule has 1 aliphatic rings. The molecule has 0 amide bonds. The van der Waals surface area contributed by atoms with E-state index >= 15 is 0 Å². The molecule has 134 valence electrons. The Bertz CT molecular complexity index is 873. The highest BCUT2D eigenvalue weighted by atomic mass is 32.2. The van der Waals surface area contributed by atoms with Gasteiger partial charge in [0.15, 0.2) is 0 Å². The Kier molecular flexibility index (Phi) is 4.75. The quantitative estimate of drug-likeness (QED) is 0.832. The zero-order chi connectivity index (χ0) is 18.2. The van der Waals surface area contributed by atoms with E-state index in [4.69, 9.17) is 0 Å². The van der Waals surface area contributed by atoms with Gasteiger partial charge in [-0.15, -0.1) is 0 Å². The minimum atomic E-state index is -3.69. The van der Waals surface area contributed by atoms with Crippen LogP contribution in [0.4, 0.5) is 0 Å². The maximum atomic E-state index is 12.8. The molecule has 0 spiro atoms. The lowest BCUT2D eigenvalue weighted by molar-refractivity contribution is 0.0185. The van der Waals surface area contributed by atoms with Crippen LogP contribution in [0.15, 0.2) is 47.4 Å². The third-order valence-electron chi connectivity index (χ3n) is 5.14. The van der Waals surface area contributed by atoms with Crippen LogP contribution in [0.3, 0.4) is 0 Å². The molecule has 25 heavy (non-hydrogen) atoms. The first-order valence-corrected chi connectivity index (χ1v) is 10.1. The number of hydrogen-bond donors (Lipinski definition) is 2. The maximum absolute atomic E-state index is 12.8. The minimum absolute atomic E-state index is 0.0175. The molecule has 3 rings (SSSR count). The molecule has 4 nitrogen and oxygen atoms in total. The number of aryl methyl sites for hydroxylation is 3. The first-order chi connectivity index (χ1) is 11.7. The fourth-order valence-corrected chi connectivity index (χ4v) is 4.66. The molecule has 2 aromatic carbocycles. The van der Waals surface area contributed by atoms with E-state index in [1.807, 2.05) is 50.2 Å². The summed E-state index contributed by atoms with van der Waals surface area (Å²) in [4.78, 5) is 0.279.